The van der Waals surface area contributed by atoms with Gasteiger partial charge in [0, 0.05) is 37.7 Å². The van der Waals surface area contributed by atoms with Crippen molar-refractivity contribution in [1.29, 1.82) is 0 Å². The van der Waals surface area contributed by atoms with E-state index in [1.54, 1.807) is 11.0 Å². The Morgan fingerprint density at radius 3 is 2.50 bits per heavy atom. The summed E-state index contributed by atoms with van der Waals surface area (Å²) in [5.74, 6) is -0.0363. The number of halogens is 3. The number of nitrogens with zero attached hydrogens (tertiary/aromatic N) is 4. The molecule has 38 heavy (non-hydrogen) atoms. The molecule has 0 N–H and O–H groups in total. The molecule has 202 valence electrons. The summed E-state index contributed by atoms with van der Waals surface area (Å²) in [5, 5.41) is 4.03. The van der Waals surface area contributed by atoms with Gasteiger partial charge in [-0.05, 0) is 36.1 Å². The van der Waals surface area contributed by atoms with Crippen molar-refractivity contribution in [3.63, 3.8) is 0 Å². The molecule has 0 spiro atoms. The summed E-state index contributed by atoms with van der Waals surface area (Å²) in [7, 11) is 0. The van der Waals surface area contributed by atoms with Crippen LogP contribution < -0.4 is 4.74 Å². The summed E-state index contributed by atoms with van der Waals surface area (Å²) in [4.78, 5) is 21.6. The van der Waals surface area contributed by atoms with Gasteiger partial charge in [0.15, 0.2) is 0 Å². The molecule has 2 unspecified atom stereocenters. The highest BCUT2D eigenvalue weighted by atomic mass is 19.4. The molecular formula is C27H29F3N4O4. The largest absolute Gasteiger partial charge is 0.573 e. The summed E-state index contributed by atoms with van der Waals surface area (Å²) in [5.41, 5.74) is 2.70. The Kier molecular flexibility index (Phi) is 7.55. The minimum Gasteiger partial charge on any atom is -0.406 e. The van der Waals surface area contributed by atoms with Crippen molar-refractivity contribution < 1.29 is 32.0 Å². The third-order valence-electron chi connectivity index (χ3n) is 6.98. The van der Waals surface area contributed by atoms with Gasteiger partial charge in [-0.1, -0.05) is 48.5 Å². The number of amides is 2. The Morgan fingerprint density at radius 1 is 1.05 bits per heavy atom. The number of aryl methyl sites for hydroxylation is 1. The fraction of sp³-hybridized carbons (Fsp3) is 0.444. The first-order valence-electron chi connectivity index (χ1n) is 12.7. The molecule has 0 saturated carbocycles. The number of rotatable bonds is 5. The van der Waals surface area contributed by atoms with Crippen molar-refractivity contribution in [2.75, 3.05) is 39.4 Å². The second kappa shape index (κ2) is 11.0. The quantitative estimate of drug-likeness (QED) is 0.450. The molecule has 0 aliphatic carbocycles. The first-order chi connectivity index (χ1) is 18.3. The van der Waals surface area contributed by atoms with Gasteiger partial charge in [-0.2, -0.15) is 4.98 Å². The van der Waals surface area contributed by atoms with Gasteiger partial charge in [-0.25, -0.2) is 4.79 Å². The number of hydrogen-bond donors (Lipinski definition) is 0. The van der Waals surface area contributed by atoms with Gasteiger partial charge < -0.3 is 23.8 Å². The maximum atomic E-state index is 13.4. The summed E-state index contributed by atoms with van der Waals surface area (Å²) < 4.78 is 53.0. The van der Waals surface area contributed by atoms with Crippen LogP contribution in [0.3, 0.4) is 0 Å². The van der Waals surface area contributed by atoms with E-state index in [1.807, 2.05) is 4.90 Å². The highest BCUT2D eigenvalue weighted by molar-refractivity contribution is 5.75. The van der Waals surface area contributed by atoms with Crippen molar-refractivity contribution in [2.24, 2.45) is 0 Å². The lowest BCUT2D eigenvalue weighted by Gasteiger charge is -2.40. The Labute approximate surface area is 218 Å². The number of alkyl halides is 3. The SMILES string of the molecule is CCc1ccc(C2CC(c3nc(-c4cccc(OC(F)(F)F)c4)no3)CN(C(=O)N3CCOCC3)C2)cc1. The average Bonchev–Trinajstić information content (AvgIpc) is 3.43. The van der Waals surface area contributed by atoms with E-state index in [0.29, 0.717) is 57.3 Å². The van der Waals surface area contributed by atoms with Gasteiger partial charge in [0.2, 0.25) is 11.7 Å². The molecule has 2 aliphatic heterocycles. The molecule has 0 radical (unpaired) electrons. The molecule has 8 nitrogen and oxygen atoms in total. The number of piperidine rings is 1. The maximum Gasteiger partial charge on any atom is 0.573 e. The zero-order valence-corrected chi connectivity index (χ0v) is 21.0. The Bertz CT molecular complexity index is 1240. The molecule has 1 aromatic heterocycles. The first kappa shape index (κ1) is 26.0. The van der Waals surface area contributed by atoms with Crippen molar-refractivity contribution >= 4 is 6.03 Å². The highest BCUT2D eigenvalue weighted by Crippen LogP contribution is 2.37. The van der Waals surface area contributed by atoms with Gasteiger partial charge in [-0.15, -0.1) is 13.2 Å². The van der Waals surface area contributed by atoms with Crippen LogP contribution in [0, 0.1) is 0 Å². The van der Waals surface area contributed by atoms with E-state index in [9.17, 15) is 18.0 Å². The molecule has 5 rings (SSSR count). The van der Waals surface area contributed by atoms with E-state index in [1.165, 1.54) is 23.8 Å². The highest BCUT2D eigenvalue weighted by Gasteiger charge is 2.37. The van der Waals surface area contributed by atoms with Crippen LogP contribution in [-0.4, -0.2) is 71.7 Å². The number of ether oxygens (including phenoxy) is 2. The number of aromatic nitrogens is 2. The molecule has 2 amide bonds. The fourth-order valence-corrected chi connectivity index (χ4v) is 5.01. The van der Waals surface area contributed by atoms with Crippen LogP contribution in [0.25, 0.3) is 11.4 Å². The second-order valence-electron chi connectivity index (χ2n) is 9.54. The predicted molar refractivity (Wildman–Crippen MR) is 132 cm³/mol. The van der Waals surface area contributed by atoms with Crippen LogP contribution >= 0.6 is 0 Å². The molecule has 0 bridgehead atoms. The molecule has 2 saturated heterocycles. The number of hydrogen-bond acceptors (Lipinski definition) is 6. The van der Waals surface area contributed by atoms with Crippen LogP contribution in [0.5, 0.6) is 5.75 Å². The van der Waals surface area contributed by atoms with E-state index < -0.39 is 6.36 Å². The minimum atomic E-state index is -4.80. The smallest absolute Gasteiger partial charge is 0.406 e. The second-order valence-corrected chi connectivity index (χ2v) is 9.54. The Balaban J connectivity index is 1.39. The van der Waals surface area contributed by atoms with Crippen LogP contribution in [0.4, 0.5) is 18.0 Å². The van der Waals surface area contributed by atoms with Crippen LogP contribution in [-0.2, 0) is 11.2 Å². The topological polar surface area (TPSA) is 80.9 Å². The summed E-state index contributed by atoms with van der Waals surface area (Å²) in [6, 6.07) is 13.8. The molecular weight excluding hydrogens is 501 g/mol. The average molecular weight is 531 g/mol. The molecule has 2 aromatic carbocycles. The molecule has 2 aliphatic rings. The van der Waals surface area contributed by atoms with Crippen molar-refractivity contribution in [3.8, 4) is 17.1 Å². The minimum absolute atomic E-state index is 0.0510. The maximum absolute atomic E-state index is 13.4. The van der Waals surface area contributed by atoms with Crippen LogP contribution in [0.15, 0.2) is 53.1 Å². The van der Waals surface area contributed by atoms with Crippen molar-refractivity contribution in [3.05, 3.63) is 65.5 Å². The van der Waals surface area contributed by atoms with Crippen LogP contribution in [0.1, 0.15) is 42.2 Å². The third-order valence-corrected chi connectivity index (χ3v) is 6.98. The predicted octanol–water partition coefficient (Wildman–Crippen LogP) is 5.22. The van der Waals surface area contributed by atoms with Gasteiger partial charge in [0.1, 0.15) is 5.75 Å². The van der Waals surface area contributed by atoms with E-state index in [2.05, 4.69) is 46.1 Å². The molecule has 2 fully saturated rings. The summed E-state index contributed by atoms with van der Waals surface area (Å²) >= 11 is 0. The first-order valence-corrected chi connectivity index (χ1v) is 12.7. The lowest BCUT2D eigenvalue weighted by molar-refractivity contribution is -0.274. The number of urea groups is 1. The van der Waals surface area contributed by atoms with Gasteiger partial charge in [-0.3, -0.25) is 0 Å². The van der Waals surface area contributed by atoms with Gasteiger partial charge in [0.25, 0.3) is 0 Å². The number of likely N-dealkylation sites (tertiary alicyclic amines) is 1. The Hall–Kier alpha value is -3.60. The molecule has 11 heteroatoms. The Morgan fingerprint density at radius 2 is 1.79 bits per heavy atom. The van der Waals surface area contributed by atoms with Crippen LogP contribution in [0.2, 0.25) is 0 Å². The number of carbonyl (C=O) groups is 1. The zero-order chi connectivity index (χ0) is 26.7. The van der Waals surface area contributed by atoms with E-state index in [0.717, 1.165) is 12.0 Å². The van der Waals surface area contributed by atoms with E-state index in [-0.39, 0.29) is 29.4 Å². The number of benzene rings is 2. The molecule has 3 aromatic rings. The fourth-order valence-electron chi connectivity index (χ4n) is 5.01. The number of morpholine rings is 1. The summed E-state index contributed by atoms with van der Waals surface area (Å²) in [6.45, 7) is 5.17. The standard InChI is InChI=1S/C27H29F3N4O4/c1-2-18-6-8-19(9-7-18)21-14-22(17-34(16-21)26(35)33-10-12-36-13-11-33)25-31-24(32-38-25)20-4-3-5-23(15-20)37-27(28,29)30/h3-9,15,21-22H,2,10-14,16-17H2,1H3. The lowest BCUT2D eigenvalue weighted by atomic mass is 9.84. The van der Waals surface area contributed by atoms with Crippen molar-refractivity contribution in [2.45, 2.75) is 38.0 Å². The lowest BCUT2D eigenvalue weighted by Crippen LogP contribution is -2.52. The third kappa shape index (κ3) is 6.09. The monoisotopic (exact) mass is 530 g/mol. The van der Waals surface area contributed by atoms with E-state index >= 15 is 0 Å². The van der Waals surface area contributed by atoms with Gasteiger partial charge >= 0.3 is 12.4 Å². The molecule has 2 atom stereocenters. The van der Waals surface area contributed by atoms with Gasteiger partial charge in [0.05, 0.1) is 19.1 Å². The zero-order valence-electron chi connectivity index (χ0n) is 21.0. The summed E-state index contributed by atoms with van der Waals surface area (Å²) in [6.07, 6.45) is -3.17. The normalized spacial score (nSPS) is 20.4. The number of carbonyl (C=O) groups excluding carboxylic acids is 1. The molecule has 3 heterocycles. The van der Waals surface area contributed by atoms with Crippen molar-refractivity contribution in [1.82, 2.24) is 19.9 Å². The van der Waals surface area contributed by atoms with E-state index in [4.69, 9.17) is 9.26 Å².